The molecule has 0 unspecified atom stereocenters. The molecule has 2 heterocycles. The van der Waals surface area contributed by atoms with Gasteiger partial charge in [-0.3, -0.25) is 9.59 Å². The number of halogens is 2. The van der Waals surface area contributed by atoms with Gasteiger partial charge in [-0.1, -0.05) is 15.9 Å². The first-order valence-corrected chi connectivity index (χ1v) is 15.2. The summed E-state index contributed by atoms with van der Waals surface area (Å²) in [6.07, 6.45) is 2.84. The summed E-state index contributed by atoms with van der Waals surface area (Å²) in [5, 5.41) is 3.41. The van der Waals surface area contributed by atoms with Crippen molar-refractivity contribution < 1.29 is 28.2 Å². The summed E-state index contributed by atoms with van der Waals surface area (Å²) in [5.74, 6) is -0.129. The molecular formula is C31H41BrFN3O5. The predicted octanol–water partition coefficient (Wildman–Crippen LogP) is 4.67. The van der Waals surface area contributed by atoms with Crippen molar-refractivity contribution in [2.75, 3.05) is 59.7 Å². The minimum atomic E-state index is -0.461. The summed E-state index contributed by atoms with van der Waals surface area (Å²) in [5.41, 5.74) is 1.94. The van der Waals surface area contributed by atoms with Gasteiger partial charge in [-0.25, -0.2) is 4.39 Å². The minimum Gasteiger partial charge on any atom is -0.493 e. The summed E-state index contributed by atoms with van der Waals surface area (Å²) < 4.78 is 32.7. The second-order valence-corrected chi connectivity index (χ2v) is 11.7. The average molecular weight is 635 g/mol. The molecule has 2 aromatic rings. The van der Waals surface area contributed by atoms with Gasteiger partial charge in [0.2, 0.25) is 5.91 Å². The highest BCUT2D eigenvalue weighted by Crippen LogP contribution is 2.38. The normalized spacial score (nSPS) is 17.5. The summed E-state index contributed by atoms with van der Waals surface area (Å²) >= 11 is 3.65. The number of nitrogens with zero attached hydrogens (tertiary/aromatic N) is 2. The number of amides is 2. The fraction of sp³-hybridized carbons (Fsp3) is 0.548. The fourth-order valence-electron chi connectivity index (χ4n) is 5.50. The topological polar surface area (TPSA) is 80.3 Å². The molecule has 2 saturated heterocycles. The molecule has 8 nitrogen and oxygen atoms in total. The van der Waals surface area contributed by atoms with Crippen molar-refractivity contribution in [1.82, 2.24) is 15.1 Å². The summed E-state index contributed by atoms with van der Waals surface area (Å²) in [6.45, 7) is 8.70. The van der Waals surface area contributed by atoms with E-state index in [4.69, 9.17) is 14.2 Å². The number of piperidine rings is 1. The zero-order valence-electron chi connectivity index (χ0n) is 24.2. The lowest BCUT2D eigenvalue weighted by atomic mass is 9.97. The molecule has 0 spiro atoms. The molecule has 2 fully saturated rings. The van der Waals surface area contributed by atoms with Crippen molar-refractivity contribution in [3.05, 3.63) is 51.7 Å². The Kier molecular flexibility index (Phi) is 11.6. The lowest BCUT2D eigenvalue weighted by Gasteiger charge is -2.38. The van der Waals surface area contributed by atoms with Crippen LogP contribution in [-0.4, -0.2) is 93.4 Å². The van der Waals surface area contributed by atoms with Crippen molar-refractivity contribution in [1.29, 1.82) is 0 Å². The van der Waals surface area contributed by atoms with Gasteiger partial charge in [0.1, 0.15) is 11.6 Å². The van der Waals surface area contributed by atoms with Crippen LogP contribution in [0.4, 0.5) is 4.39 Å². The van der Waals surface area contributed by atoms with E-state index < -0.39 is 5.82 Å². The molecule has 2 aromatic carbocycles. The molecule has 2 amide bonds. The van der Waals surface area contributed by atoms with Gasteiger partial charge in [0, 0.05) is 73.0 Å². The number of rotatable bonds is 11. The first-order valence-electron chi connectivity index (χ1n) is 14.4. The molecule has 2 aliphatic rings. The van der Waals surface area contributed by atoms with Crippen molar-refractivity contribution in [3.8, 4) is 16.9 Å². The molecule has 0 saturated carbocycles. The van der Waals surface area contributed by atoms with Crippen LogP contribution in [0.5, 0.6) is 5.75 Å². The van der Waals surface area contributed by atoms with Gasteiger partial charge in [0.05, 0.1) is 26.2 Å². The Morgan fingerprint density at radius 1 is 1.17 bits per heavy atom. The zero-order chi connectivity index (χ0) is 29.4. The maximum absolute atomic E-state index is 15.3. The van der Waals surface area contributed by atoms with Crippen molar-refractivity contribution in [2.45, 2.75) is 51.6 Å². The number of hydrogen-bond acceptors (Lipinski definition) is 6. The number of benzene rings is 2. The Hall–Kier alpha value is -2.53. The highest BCUT2D eigenvalue weighted by Gasteiger charge is 2.28. The quantitative estimate of drug-likeness (QED) is 0.362. The van der Waals surface area contributed by atoms with Crippen LogP contribution in [-0.2, 0) is 20.7 Å². The molecule has 10 heteroatoms. The zero-order valence-corrected chi connectivity index (χ0v) is 25.8. The minimum absolute atomic E-state index is 0.0387. The molecule has 2 aliphatic heterocycles. The molecule has 0 aromatic heterocycles. The molecule has 0 radical (unpaired) electrons. The number of methoxy groups -OCH3 is 1. The van der Waals surface area contributed by atoms with Crippen LogP contribution in [0.1, 0.15) is 49.0 Å². The van der Waals surface area contributed by atoms with Gasteiger partial charge in [0.15, 0.2) is 0 Å². The van der Waals surface area contributed by atoms with Gasteiger partial charge in [0.25, 0.3) is 5.91 Å². The van der Waals surface area contributed by atoms with E-state index in [0.29, 0.717) is 67.3 Å². The lowest BCUT2D eigenvalue weighted by molar-refractivity contribution is -0.135. The number of morpholine rings is 1. The van der Waals surface area contributed by atoms with Gasteiger partial charge in [-0.05, 0) is 69.1 Å². The monoisotopic (exact) mass is 633 g/mol. The second-order valence-electron chi connectivity index (χ2n) is 10.8. The maximum atomic E-state index is 15.3. The Balaban J connectivity index is 1.66. The third-order valence-corrected chi connectivity index (χ3v) is 8.29. The van der Waals surface area contributed by atoms with Crippen LogP contribution in [0.3, 0.4) is 0 Å². The molecular weight excluding hydrogens is 593 g/mol. The molecule has 0 aliphatic carbocycles. The molecule has 224 valence electrons. The van der Waals surface area contributed by atoms with E-state index in [1.54, 1.807) is 24.1 Å². The lowest BCUT2D eigenvalue weighted by Crippen LogP contribution is -2.52. The van der Waals surface area contributed by atoms with E-state index in [1.165, 1.54) is 12.1 Å². The number of hydrogen-bond donors (Lipinski definition) is 1. The molecule has 41 heavy (non-hydrogen) atoms. The summed E-state index contributed by atoms with van der Waals surface area (Å²) in [4.78, 5) is 30.5. The molecule has 0 bridgehead atoms. The van der Waals surface area contributed by atoms with Gasteiger partial charge < -0.3 is 29.3 Å². The van der Waals surface area contributed by atoms with Crippen LogP contribution in [0, 0.1) is 5.82 Å². The summed E-state index contributed by atoms with van der Waals surface area (Å²) in [6, 6.07) is 8.24. The third-order valence-electron chi connectivity index (χ3n) is 7.55. The first kappa shape index (κ1) is 31.4. The summed E-state index contributed by atoms with van der Waals surface area (Å²) in [7, 11) is 1.63. The van der Waals surface area contributed by atoms with E-state index in [9.17, 15) is 9.59 Å². The average Bonchev–Trinajstić information content (AvgIpc) is 2.97. The smallest absolute Gasteiger partial charge is 0.254 e. The van der Waals surface area contributed by atoms with E-state index >= 15 is 4.39 Å². The van der Waals surface area contributed by atoms with Gasteiger partial charge >= 0.3 is 0 Å². The van der Waals surface area contributed by atoms with Crippen LogP contribution in [0.2, 0.25) is 0 Å². The highest BCUT2D eigenvalue weighted by atomic mass is 79.9. The Morgan fingerprint density at radius 2 is 1.95 bits per heavy atom. The Morgan fingerprint density at radius 3 is 2.63 bits per heavy atom. The SMILES string of the molecule is COCCCOc1cc(CC(=O)N(C(C)C)[C@@H]2CCCNC2)c(Br)cc1-c1cc(C(=O)N2CCOCC2)ccc1F. The number of carbonyl (C=O) groups excluding carboxylic acids is 2. The fourth-order valence-corrected chi connectivity index (χ4v) is 5.98. The molecule has 1 atom stereocenters. The Bertz CT molecular complexity index is 1200. The number of carbonyl (C=O) groups is 2. The number of nitrogens with one attached hydrogen (secondary N) is 1. The highest BCUT2D eigenvalue weighted by molar-refractivity contribution is 9.10. The van der Waals surface area contributed by atoms with E-state index in [0.717, 1.165) is 31.5 Å². The van der Waals surface area contributed by atoms with Crippen molar-refractivity contribution in [2.24, 2.45) is 0 Å². The van der Waals surface area contributed by atoms with Gasteiger partial charge in [-0.2, -0.15) is 0 Å². The number of ether oxygens (including phenoxy) is 3. The van der Waals surface area contributed by atoms with Crippen molar-refractivity contribution in [3.63, 3.8) is 0 Å². The van der Waals surface area contributed by atoms with Gasteiger partial charge in [-0.15, -0.1) is 0 Å². The maximum Gasteiger partial charge on any atom is 0.254 e. The second kappa shape index (κ2) is 15.1. The van der Waals surface area contributed by atoms with Crippen LogP contribution in [0.15, 0.2) is 34.8 Å². The first-order chi connectivity index (χ1) is 19.8. The van der Waals surface area contributed by atoms with E-state index in [2.05, 4.69) is 21.2 Å². The predicted molar refractivity (Wildman–Crippen MR) is 160 cm³/mol. The van der Waals surface area contributed by atoms with E-state index in [-0.39, 0.29) is 35.9 Å². The van der Waals surface area contributed by atoms with Crippen molar-refractivity contribution >= 4 is 27.7 Å². The van der Waals surface area contributed by atoms with Crippen LogP contribution in [0.25, 0.3) is 11.1 Å². The largest absolute Gasteiger partial charge is 0.493 e. The Labute approximate surface area is 250 Å². The standard InChI is InChI=1S/C31H41BrFN3O5/c1-21(2)36(24-6-4-9-34-20-24)30(37)18-23-17-29(41-13-5-12-39-3)26(19-27(23)32)25-16-22(7-8-28(25)33)31(38)35-10-14-40-15-11-35/h7-8,16-17,19,21,24,34H,4-6,9-15,18,20H2,1-3H3/t24-/m1/s1. The van der Waals surface area contributed by atoms with Crippen LogP contribution < -0.4 is 10.1 Å². The molecule has 4 rings (SSSR count). The van der Waals surface area contributed by atoms with E-state index in [1.807, 2.05) is 24.8 Å². The third kappa shape index (κ3) is 8.06. The van der Waals surface area contributed by atoms with Crippen LogP contribution >= 0.6 is 15.9 Å². The molecule has 1 N–H and O–H groups in total.